The van der Waals surface area contributed by atoms with Crippen molar-refractivity contribution >= 4 is 52.5 Å². The van der Waals surface area contributed by atoms with Crippen molar-refractivity contribution in [3.8, 4) is 11.5 Å². The van der Waals surface area contributed by atoms with E-state index in [1.54, 1.807) is 47.4 Å². The first-order valence-corrected chi connectivity index (χ1v) is 12.4. The number of rotatable bonds is 9. The van der Waals surface area contributed by atoms with E-state index in [1.807, 2.05) is 31.2 Å². The number of carbonyl (C=O) groups excluding carboxylic acids is 2. The average molecular weight is 525 g/mol. The summed E-state index contributed by atoms with van der Waals surface area (Å²) in [4.78, 5) is 26.8. The monoisotopic (exact) mass is 524 g/mol. The summed E-state index contributed by atoms with van der Waals surface area (Å²) in [6, 6.07) is 18.2. The van der Waals surface area contributed by atoms with Gasteiger partial charge in [0.25, 0.3) is 5.91 Å². The van der Waals surface area contributed by atoms with Gasteiger partial charge in [0.2, 0.25) is 5.91 Å². The van der Waals surface area contributed by atoms with Crippen LogP contribution >= 0.6 is 23.2 Å². The van der Waals surface area contributed by atoms with Gasteiger partial charge in [-0.3, -0.25) is 9.59 Å². The smallest absolute Gasteiger partial charge is 0.265 e. The molecule has 0 aromatic heterocycles. The predicted octanol–water partition coefficient (Wildman–Crippen LogP) is 6.54. The van der Waals surface area contributed by atoms with Gasteiger partial charge in [-0.15, -0.1) is 0 Å². The number of ether oxygens (including phenoxy) is 2. The van der Waals surface area contributed by atoms with Crippen LogP contribution in [0, 0.1) is 6.92 Å². The summed E-state index contributed by atoms with van der Waals surface area (Å²) in [6.45, 7) is 3.09. The Kier molecular flexibility index (Phi) is 8.52. The SMILES string of the molecule is Cc1ccccc1OCCCCN1C(=O)COc2ccc(NC(=O)/C=C/c3ccc(Cl)cc3Cl)cc21. The van der Waals surface area contributed by atoms with Crippen LogP contribution in [0.2, 0.25) is 10.0 Å². The van der Waals surface area contributed by atoms with Gasteiger partial charge in [-0.2, -0.15) is 0 Å². The molecule has 0 radical (unpaired) electrons. The second-order valence-corrected chi connectivity index (χ2v) is 9.17. The van der Waals surface area contributed by atoms with E-state index in [-0.39, 0.29) is 18.4 Å². The van der Waals surface area contributed by atoms with Crippen LogP contribution < -0.4 is 19.7 Å². The van der Waals surface area contributed by atoms with Crippen LogP contribution in [0.5, 0.6) is 11.5 Å². The van der Waals surface area contributed by atoms with Crippen molar-refractivity contribution < 1.29 is 19.1 Å². The molecule has 0 unspecified atom stereocenters. The molecule has 8 heteroatoms. The third-order valence-corrected chi connectivity index (χ3v) is 6.24. The first-order chi connectivity index (χ1) is 17.4. The average Bonchev–Trinajstić information content (AvgIpc) is 2.85. The lowest BCUT2D eigenvalue weighted by molar-refractivity contribution is -0.121. The number of anilines is 2. The van der Waals surface area contributed by atoms with Crippen LogP contribution in [0.15, 0.2) is 66.7 Å². The molecular formula is C28H26Cl2N2O4. The Labute approximate surface area is 220 Å². The summed E-state index contributed by atoms with van der Waals surface area (Å²) in [7, 11) is 0. The summed E-state index contributed by atoms with van der Waals surface area (Å²) in [5, 5.41) is 3.80. The summed E-state index contributed by atoms with van der Waals surface area (Å²) in [5.41, 5.74) is 2.96. The highest BCUT2D eigenvalue weighted by molar-refractivity contribution is 6.35. The second-order valence-electron chi connectivity index (χ2n) is 8.33. The number of hydrogen-bond acceptors (Lipinski definition) is 4. The van der Waals surface area contributed by atoms with E-state index in [1.165, 1.54) is 6.08 Å². The molecule has 4 rings (SSSR count). The van der Waals surface area contributed by atoms with Crippen molar-refractivity contribution in [2.24, 2.45) is 0 Å². The van der Waals surface area contributed by atoms with E-state index in [9.17, 15) is 9.59 Å². The van der Waals surface area contributed by atoms with Gasteiger partial charge in [0.1, 0.15) is 11.5 Å². The maximum atomic E-state index is 12.6. The van der Waals surface area contributed by atoms with Crippen LogP contribution in [-0.2, 0) is 9.59 Å². The first kappa shape index (κ1) is 25.6. The molecule has 36 heavy (non-hydrogen) atoms. The van der Waals surface area contributed by atoms with Crippen molar-refractivity contribution in [2.45, 2.75) is 19.8 Å². The fourth-order valence-electron chi connectivity index (χ4n) is 3.78. The number of benzene rings is 3. The molecule has 0 saturated heterocycles. The molecule has 1 heterocycles. The fraction of sp³-hybridized carbons (Fsp3) is 0.214. The Morgan fingerprint density at radius 3 is 2.75 bits per heavy atom. The molecule has 3 aromatic carbocycles. The normalized spacial score (nSPS) is 12.9. The van der Waals surface area contributed by atoms with Crippen LogP contribution in [0.1, 0.15) is 24.0 Å². The molecule has 1 aliphatic rings. The van der Waals surface area contributed by atoms with Gasteiger partial charge in [0.05, 0.1) is 12.3 Å². The molecule has 1 N–H and O–H groups in total. The van der Waals surface area contributed by atoms with Crippen LogP contribution in [-0.4, -0.2) is 31.6 Å². The molecule has 1 aliphatic heterocycles. The van der Waals surface area contributed by atoms with Crippen molar-refractivity contribution in [1.29, 1.82) is 0 Å². The van der Waals surface area contributed by atoms with E-state index >= 15 is 0 Å². The number of aryl methyl sites for hydroxylation is 1. The van der Waals surface area contributed by atoms with Gasteiger partial charge in [0.15, 0.2) is 6.61 Å². The number of nitrogens with one attached hydrogen (secondary N) is 1. The zero-order chi connectivity index (χ0) is 25.5. The molecule has 0 aliphatic carbocycles. The maximum Gasteiger partial charge on any atom is 0.265 e. The highest BCUT2D eigenvalue weighted by atomic mass is 35.5. The Morgan fingerprint density at radius 1 is 1.11 bits per heavy atom. The van der Waals surface area contributed by atoms with Gasteiger partial charge in [-0.1, -0.05) is 47.5 Å². The third-order valence-electron chi connectivity index (χ3n) is 5.67. The number of para-hydroxylation sites is 1. The molecule has 2 amide bonds. The van der Waals surface area contributed by atoms with Crippen molar-refractivity contribution in [3.05, 3.63) is 87.9 Å². The minimum Gasteiger partial charge on any atom is -0.493 e. The van der Waals surface area contributed by atoms with E-state index in [0.717, 1.165) is 24.2 Å². The van der Waals surface area contributed by atoms with E-state index < -0.39 is 0 Å². The number of carbonyl (C=O) groups is 2. The van der Waals surface area contributed by atoms with Crippen molar-refractivity contribution in [1.82, 2.24) is 0 Å². The minimum absolute atomic E-state index is 0.0109. The topological polar surface area (TPSA) is 67.9 Å². The summed E-state index contributed by atoms with van der Waals surface area (Å²) in [6.07, 6.45) is 4.56. The minimum atomic E-state index is -0.330. The maximum absolute atomic E-state index is 12.6. The molecule has 6 nitrogen and oxygen atoms in total. The van der Waals surface area contributed by atoms with Crippen LogP contribution in [0.3, 0.4) is 0 Å². The molecule has 0 fully saturated rings. The molecule has 3 aromatic rings. The van der Waals surface area contributed by atoms with E-state index in [0.29, 0.717) is 45.9 Å². The Morgan fingerprint density at radius 2 is 1.94 bits per heavy atom. The van der Waals surface area contributed by atoms with Gasteiger partial charge >= 0.3 is 0 Å². The highest BCUT2D eigenvalue weighted by Crippen LogP contribution is 2.35. The first-order valence-electron chi connectivity index (χ1n) is 11.6. The molecule has 0 spiro atoms. The van der Waals surface area contributed by atoms with Crippen molar-refractivity contribution in [2.75, 3.05) is 30.0 Å². The molecule has 0 atom stereocenters. The zero-order valence-electron chi connectivity index (χ0n) is 19.8. The molecular weight excluding hydrogens is 499 g/mol. The van der Waals surface area contributed by atoms with E-state index in [4.69, 9.17) is 32.7 Å². The number of fused-ring (bicyclic) bond motifs is 1. The van der Waals surface area contributed by atoms with Crippen LogP contribution in [0.25, 0.3) is 6.08 Å². The zero-order valence-corrected chi connectivity index (χ0v) is 21.3. The fourth-order valence-corrected chi connectivity index (χ4v) is 4.26. The lowest BCUT2D eigenvalue weighted by Gasteiger charge is -2.30. The number of nitrogens with zero attached hydrogens (tertiary/aromatic N) is 1. The van der Waals surface area contributed by atoms with Gasteiger partial charge in [0, 0.05) is 28.4 Å². The Hall–Kier alpha value is -3.48. The lowest BCUT2D eigenvalue weighted by Crippen LogP contribution is -2.39. The summed E-state index contributed by atoms with van der Waals surface area (Å²) in [5.74, 6) is 1.03. The molecule has 186 valence electrons. The van der Waals surface area contributed by atoms with Crippen LogP contribution in [0.4, 0.5) is 11.4 Å². The predicted molar refractivity (Wildman–Crippen MR) is 144 cm³/mol. The Balaban J connectivity index is 1.36. The quantitative estimate of drug-likeness (QED) is 0.255. The number of halogens is 2. The second kappa shape index (κ2) is 12.0. The summed E-state index contributed by atoms with van der Waals surface area (Å²) >= 11 is 12.1. The van der Waals surface area contributed by atoms with Gasteiger partial charge in [-0.05, 0) is 73.4 Å². The highest BCUT2D eigenvalue weighted by Gasteiger charge is 2.25. The standard InChI is InChI=1S/C28H26Cl2N2O4/c1-19-6-2-3-7-25(19)35-15-5-4-14-32-24-17-22(11-12-26(24)36-18-28(32)34)31-27(33)13-9-20-8-10-21(29)16-23(20)30/h2-3,6-13,16-17H,4-5,14-15,18H2,1H3,(H,31,33)/b13-9+. The van der Waals surface area contributed by atoms with E-state index in [2.05, 4.69) is 5.32 Å². The molecule has 0 saturated carbocycles. The van der Waals surface area contributed by atoms with Gasteiger partial charge < -0.3 is 19.7 Å². The Bertz CT molecular complexity index is 1290. The third kappa shape index (κ3) is 6.59. The number of unbranched alkanes of at least 4 members (excludes halogenated alkanes) is 1. The number of amides is 2. The number of hydrogen-bond donors (Lipinski definition) is 1. The van der Waals surface area contributed by atoms with Gasteiger partial charge in [-0.25, -0.2) is 0 Å². The molecule has 0 bridgehead atoms. The largest absolute Gasteiger partial charge is 0.493 e. The lowest BCUT2D eigenvalue weighted by atomic mass is 10.1. The summed E-state index contributed by atoms with van der Waals surface area (Å²) < 4.78 is 11.4. The van der Waals surface area contributed by atoms with Crippen molar-refractivity contribution in [3.63, 3.8) is 0 Å².